The van der Waals surface area contributed by atoms with Gasteiger partial charge in [-0.3, -0.25) is 0 Å². The second kappa shape index (κ2) is 2.01. The van der Waals surface area contributed by atoms with Crippen LogP contribution in [0.1, 0.15) is 0 Å². The number of rotatable bonds is 0. The van der Waals surface area contributed by atoms with Crippen molar-refractivity contribution >= 4 is 40.6 Å². The Labute approximate surface area is 56.1 Å². The van der Waals surface area contributed by atoms with Crippen molar-refractivity contribution in [2.75, 3.05) is 0 Å². The zero-order valence-corrected chi connectivity index (χ0v) is 5.92. The molecule has 0 amide bonds. The van der Waals surface area contributed by atoms with Crippen LogP contribution in [0.2, 0.25) is 0 Å². The molecule has 0 fully saturated rings. The van der Waals surface area contributed by atoms with Gasteiger partial charge in [0.25, 0.3) is 0 Å². The first kappa shape index (κ1) is 5.38. The molecule has 1 heterocycles. The van der Waals surface area contributed by atoms with Gasteiger partial charge < -0.3 is 0 Å². The van der Waals surface area contributed by atoms with Gasteiger partial charge in [0.1, 0.15) is 7.85 Å². The maximum atomic E-state index is 5.36. The van der Waals surface area contributed by atoms with E-state index < -0.39 is 0 Å². The maximum Gasteiger partial charge on any atom is 0.115 e. The quantitative estimate of drug-likeness (QED) is 0.518. The molecule has 0 spiro atoms. The maximum absolute atomic E-state index is 5.36. The molecular weight excluding hydrogens is 171 g/mol. The topological polar surface area (TPSA) is 0 Å². The first-order valence-electron chi connectivity index (χ1n) is 1.78. The van der Waals surface area contributed by atoms with Crippen molar-refractivity contribution in [1.29, 1.82) is 0 Å². The fourth-order valence-corrected chi connectivity index (χ4v) is 1.39. The van der Waals surface area contributed by atoms with Gasteiger partial charge in [0.05, 0.1) is 3.79 Å². The number of halogens is 1. The van der Waals surface area contributed by atoms with Crippen molar-refractivity contribution in [3.63, 3.8) is 0 Å². The predicted molar refractivity (Wildman–Crippen MR) is 37.4 cm³/mol. The van der Waals surface area contributed by atoms with E-state index in [9.17, 15) is 0 Å². The number of thiophene rings is 1. The Hall–Kier alpha value is 0.245. The molecule has 0 bridgehead atoms. The third-order valence-corrected chi connectivity index (χ3v) is 2.11. The van der Waals surface area contributed by atoms with Crippen LogP contribution in [0, 0.1) is 0 Å². The van der Waals surface area contributed by atoms with Gasteiger partial charge in [-0.15, -0.1) is 11.3 Å². The third-order valence-electron chi connectivity index (χ3n) is 0.588. The summed E-state index contributed by atoms with van der Waals surface area (Å²) in [5.41, 5.74) is 0.830. The van der Waals surface area contributed by atoms with Gasteiger partial charge in [0.15, 0.2) is 0 Å². The highest BCUT2D eigenvalue weighted by atomic mass is 79.9. The first-order valence-corrected chi connectivity index (χ1v) is 3.46. The van der Waals surface area contributed by atoms with Crippen LogP contribution in [0.5, 0.6) is 0 Å². The SMILES string of the molecule is [B]c1csc(Br)c1. The molecule has 7 heavy (non-hydrogen) atoms. The molecule has 1 rings (SSSR count). The number of hydrogen-bond donors (Lipinski definition) is 0. The lowest BCUT2D eigenvalue weighted by atomic mass is 10.0. The highest BCUT2D eigenvalue weighted by Crippen LogP contribution is 2.12. The van der Waals surface area contributed by atoms with E-state index in [0.29, 0.717) is 0 Å². The van der Waals surface area contributed by atoms with Gasteiger partial charge >= 0.3 is 0 Å². The minimum Gasteiger partial charge on any atom is -0.137 e. The molecule has 1 aromatic rings. The summed E-state index contributed by atoms with van der Waals surface area (Å²) in [6.07, 6.45) is 0. The van der Waals surface area contributed by atoms with Gasteiger partial charge in [-0.1, -0.05) is 5.46 Å². The Morgan fingerprint density at radius 3 is 2.57 bits per heavy atom. The molecule has 3 heteroatoms. The van der Waals surface area contributed by atoms with Crippen molar-refractivity contribution in [2.45, 2.75) is 0 Å². The second-order valence-corrected chi connectivity index (χ2v) is 3.47. The van der Waals surface area contributed by atoms with E-state index in [0.717, 1.165) is 9.25 Å². The molecular formula is C4H2BBrS. The van der Waals surface area contributed by atoms with E-state index in [1.54, 1.807) is 11.3 Å². The summed E-state index contributed by atoms with van der Waals surface area (Å²) in [5.74, 6) is 0. The van der Waals surface area contributed by atoms with E-state index in [1.165, 1.54) is 0 Å². The highest BCUT2D eigenvalue weighted by Gasteiger charge is 1.85. The van der Waals surface area contributed by atoms with Crippen LogP contribution in [0.25, 0.3) is 0 Å². The van der Waals surface area contributed by atoms with Gasteiger partial charge in [0.2, 0.25) is 0 Å². The lowest BCUT2D eigenvalue weighted by molar-refractivity contribution is 2.07. The van der Waals surface area contributed by atoms with Crippen LogP contribution in [0.15, 0.2) is 15.2 Å². The Balaban J connectivity index is 3.04. The Kier molecular flexibility index (Phi) is 1.55. The molecule has 2 radical (unpaired) electrons. The van der Waals surface area contributed by atoms with E-state index in [1.807, 2.05) is 11.4 Å². The van der Waals surface area contributed by atoms with Crippen LogP contribution in [-0.2, 0) is 0 Å². The lowest BCUT2D eigenvalue weighted by Gasteiger charge is -1.68. The largest absolute Gasteiger partial charge is 0.137 e. The lowest BCUT2D eigenvalue weighted by Crippen LogP contribution is -1.92. The van der Waals surface area contributed by atoms with Crippen molar-refractivity contribution in [3.05, 3.63) is 15.2 Å². The van der Waals surface area contributed by atoms with Gasteiger partial charge in [0, 0.05) is 0 Å². The molecule has 1 aromatic heterocycles. The Morgan fingerprint density at radius 2 is 2.43 bits per heavy atom. The zero-order valence-electron chi connectivity index (χ0n) is 3.52. The van der Waals surface area contributed by atoms with Gasteiger partial charge in [-0.25, -0.2) is 0 Å². The molecule has 0 nitrogen and oxygen atoms in total. The van der Waals surface area contributed by atoms with Gasteiger partial charge in [-0.05, 0) is 27.4 Å². The van der Waals surface area contributed by atoms with E-state index in [2.05, 4.69) is 15.9 Å². The standard InChI is InChI=1S/C4H2BBrS/c5-3-1-4(6)7-2-3/h1-2H. The molecule has 0 aliphatic heterocycles. The van der Waals surface area contributed by atoms with Crippen molar-refractivity contribution < 1.29 is 0 Å². The molecule has 0 saturated heterocycles. The predicted octanol–water partition coefficient (Wildman–Crippen LogP) is 1.30. The summed E-state index contributed by atoms with van der Waals surface area (Å²) in [5, 5.41) is 1.89. The van der Waals surface area contributed by atoms with Crippen molar-refractivity contribution in [3.8, 4) is 0 Å². The molecule has 0 aliphatic rings. The summed E-state index contributed by atoms with van der Waals surface area (Å²) in [7, 11) is 5.36. The number of hydrogen-bond acceptors (Lipinski definition) is 1. The molecule has 0 aliphatic carbocycles. The van der Waals surface area contributed by atoms with Crippen LogP contribution < -0.4 is 5.46 Å². The smallest absolute Gasteiger partial charge is 0.115 e. The molecule has 0 atom stereocenters. The van der Waals surface area contributed by atoms with E-state index >= 15 is 0 Å². The van der Waals surface area contributed by atoms with Crippen LogP contribution in [0.4, 0.5) is 0 Å². The summed E-state index contributed by atoms with van der Waals surface area (Å²) >= 11 is 4.87. The summed E-state index contributed by atoms with van der Waals surface area (Å²) in [6, 6.07) is 1.88. The molecule has 0 saturated carbocycles. The van der Waals surface area contributed by atoms with E-state index in [4.69, 9.17) is 7.85 Å². The third kappa shape index (κ3) is 1.32. The summed E-state index contributed by atoms with van der Waals surface area (Å²) < 4.78 is 1.09. The Bertz CT molecular complexity index is 144. The normalized spacial score (nSPS) is 9.29. The molecule has 0 aromatic carbocycles. The summed E-state index contributed by atoms with van der Waals surface area (Å²) in [6.45, 7) is 0. The van der Waals surface area contributed by atoms with Crippen LogP contribution >= 0.6 is 27.3 Å². The monoisotopic (exact) mass is 172 g/mol. The average Bonchev–Trinajstić information content (AvgIpc) is 1.87. The molecule has 0 N–H and O–H groups in total. The minimum atomic E-state index is 0.830. The second-order valence-electron chi connectivity index (χ2n) is 1.18. The Morgan fingerprint density at radius 1 is 1.71 bits per heavy atom. The van der Waals surface area contributed by atoms with E-state index in [-0.39, 0.29) is 0 Å². The molecule has 34 valence electrons. The van der Waals surface area contributed by atoms with Crippen LogP contribution in [-0.4, -0.2) is 7.85 Å². The van der Waals surface area contributed by atoms with Crippen molar-refractivity contribution in [2.24, 2.45) is 0 Å². The van der Waals surface area contributed by atoms with Gasteiger partial charge in [-0.2, -0.15) is 0 Å². The fraction of sp³-hybridized carbons (Fsp3) is 0. The minimum absolute atomic E-state index is 0.830. The average molecular weight is 173 g/mol. The summed E-state index contributed by atoms with van der Waals surface area (Å²) in [4.78, 5) is 0. The van der Waals surface area contributed by atoms with Crippen molar-refractivity contribution in [1.82, 2.24) is 0 Å². The van der Waals surface area contributed by atoms with Crippen LogP contribution in [0.3, 0.4) is 0 Å². The first-order chi connectivity index (χ1) is 3.29. The fourth-order valence-electron chi connectivity index (χ4n) is 0.323. The highest BCUT2D eigenvalue weighted by molar-refractivity contribution is 9.11. The molecule has 0 unspecified atom stereocenters. The zero-order chi connectivity index (χ0) is 5.28.